The summed E-state index contributed by atoms with van der Waals surface area (Å²) >= 11 is 0. The number of benzene rings is 1. The number of carbonyl (C=O) groups excluding carboxylic acids is 1. The molecular formula is C17H26N2O3. The van der Waals surface area contributed by atoms with E-state index in [2.05, 4.69) is 4.99 Å². The third kappa shape index (κ3) is 8.42. The van der Waals surface area contributed by atoms with Crippen molar-refractivity contribution >= 4 is 17.5 Å². The number of aliphatic imine (C=N–C) groups is 1. The average molecular weight is 306 g/mol. The molecule has 0 bridgehead atoms. The minimum atomic E-state index is -0.325. The van der Waals surface area contributed by atoms with E-state index in [1.54, 1.807) is 5.48 Å². The fraction of sp³-hybridized carbons (Fsp3) is 0.529. The first-order chi connectivity index (χ1) is 10.6. The number of carbonyl (C=O) groups is 1. The summed E-state index contributed by atoms with van der Waals surface area (Å²) < 4.78 is 5.77. The number of para-hydroxylation sites is 1. The summed E-state index contributed by atoms with van der Waals surface area (Å²) in [6.07, 6.45) is 4.97. The Bertz CT molecular complexity index is 458. The van der Waals surface area contributed by atoms with Gasteiger partial charge in [-0.05, 0) is 38.8 Å². The van der Waals surface area contributed by atoms with E-state index in [0.717, 1.165) is 43.7 Å². The molecule has 0 atom stereocenters. The largest absolute Gasteiger partial charge is 0.478 e. The second kappa shape index (κ2) is 10.8. The Morgan fingerprint density at radius 1 is 1.14 bits per heavy atom. The van der Waals surface area contributed by atoms with Gasteiger partial charge in [-0.1, -0.05) is 31.0 Å². The minimum absolute atomic E-state index is 0.107. The lowest BCUT2D eigenvalue weighted by molar-refractivity contribution is -0.129. The second-order valence-electron chi connectivity index (χ2n) is 5.46. The first-order valence-corrected chi connectivity index (χ1v) is 7.84. The number of nitrogens with zero attached hydrogens (tertiary/aromatic N) is 1. The first-order valence-electron chi connectivity index (χ1n) is 7.84. The van der Waals surface area contributed by atoms with Gasteiger partial charge in [0.1, 0.15) is 0 Å². The molecule has 22 heavy (non-hydrogen) atoms. The van der Waals surface area contributed by atoms with Crippen LogP contribution in [0.15, 0.2) is 35.3 Å². The molecule has 0 spiro atoms. The van der Waals surface area contributed by atoms with Gasteiger partial charge >= 0.3 is 0 Å². The molecule has 0 saturated heterocycles. The first kappa shape index (κ1) is 18.2. The highest BCUT2D eigenvalue weighted by molar-refractivity contribution is 5.79. The van der Waals surface area contributed by atoms with Crippen LogP contribution in [0.1, 0.15) is 52.4 Å². The van der Waals surface area contributed by atoms with Crippen LogP contribution >= 0.6 is 0 Å². The highest BCUT2D eigenvalue weighted by atomic mass is 16.5. The summed E-state index contributed by atoms with van der Waals surface area (Å²) in [7, 11) is 0. The van der Waals surface area contributed by atoms with Crippen LogP contribution in [-0.4, -0.2) is 23.1 Å². The highest BCUT2D eigenvalue weighted by Gasteiger charge is 2.05. The summed E-state index contributed by atoms with van der Waals surface area (Å²) in [5.74, 6) is 0.434. The molecule has 5 heteroatoms. The van der Waals surface area contributed by atoms with E-state index >= 15 is 0 Å². The van der Waals surface area contributed by atoms with Crippen LogP contribution in [0.3, 0.4) is 0 Å². The van der Waals surface area contributed by atoms with Gasteiger partial charge in [-0.2, -0.15) is 0 Å². The molecule has 0 radical (unpaired) electrons. The Balaban J connectivity index is 2.36. The van der Waals surface area contributed by atoms with E-state index in [1.807, 2.05) is 44.2 Å². The Labute approximate surface area is 132 Å². The SMILES string of the molecule is CC(C)OC(CCCCCCC(=O)NO)=Nc1ccccc1. The highest BCUT2D eigenvalue weighted by Crippen LogP contribution is 2.14. The van der Waals surface area contributed by atoms with E-state index in [1.165, 1.54) is 0 Å². The van der Waals surface area contributed by atoms with Gasteiger partial charge in [0.2, 0.25) is 5.91 Å². The van der Waals surface area contributed by atoms with Crippen molar-refractivity contribution in [2.75, 3.05) is 0 Å². The number of amides is 1. The summed E-state index contributed by atoms with van der Waals surface area (Å²) in [5, 5.41) is 8.40. The van der Waals surface area contributed by atoms with Crippen molar-refractivity contribution in [1.82, 2.24) is 5.48 Å². The average Bonchev–Trinajstić information content (AvgIpc) is 2.50. The van der Waals surface area contributed by atoms with Crippen LogP contribution in [0.4, 0.5) is 5.69 Å². The third-order valence-electron chi connectivity index (χ3n) is 3.05. The number of hydroxylamine groups is 1. The summed E-state index contributed by atoms with van der Waals surface area (Å²) in [5.41, 5.74) is 2.55. The van der Waals surface area contributed by atoms with Gasteiger partial charge in [0.15, 0.2) is 5.90 Å². The van der Waals surface area contributed by atoms with Gasteiger partial charge in [0.25, 0.3) is 0 Å². The summed E-state index contributed by atoms with van der Waals surface area (Å²) in [6, 6.07) is 9.79. The van der Waals surface area contributed by atoms with Gasteiger partial charge in [-0.3, -0.25) is 10.0 Å². The molecule has 0 saturated carbocycles. The van der Waals surface area contributed by atoms with E-state index in [4.69, 9.17) is 9.94 Å². The number of ether oxygens (including phenoxy) is 1. The molecule has 0 aliphatic heterocycles. The number of unbranched alkanes of at least 4 members (excludes halogenated alkanes) is 3. The zero-order valence-corrected chi connectivity index (χ0v) is 13.4. The van der Waals surface area contributed by atoms with Gasteiger partial charge in [-0.15, -0.1) is 0 Å². The molecule has 0 aromatic heterocycles. The molecule has 0 heterocycles. The van der Waals surface area contributed by atoms with Crippen molar-refractivity contribution in [2.24, 2.45) is 4.99 Å². The van der Waals surface area contributed by atoms with E-state index in [9.17, 15) is 4.79 Å². The summed E-state index contributed by atoms with van der Waals surface area (Å²) in [4.78, 5) is 15.4. The van der Waals surface area contributed by atoms with Crippen LogP contribution in [0.2, 0.25) is 0 Å². The maximum absolute atomic E-state index is 10.9. The Hall–Kier alpha value is -1.88. The van der Waals surface area contributed by atoms with E-state index in [-0.39, 0.29) is 12.0 Å². The van der Waals surface area contributed by atoms with Gasteiger partial charge < -0.3 is 4.74 Å². The molecule has 122 valence electrons. The molecule has 0 aliphatic rings. The zero-order chi connectivity index (χ0) is 16.2. The quantitative estimate of drug-likeness (QED) is 0.238. The Kier molecular flexibility index (Phi) is 8.91. The van der Waals surface area contributed by atoms with Crippen molar-refractivity contribution in [1.29, 1.82) is 0 Å². The lowest BCUT2D eigenvalue weighted by Crippen LogP contribution is -2.17. The maximum Gasteiger partial charge on any atom is 0.243 e. The molecule has 1 aromatic rings. The topological polar surface area (TPSA) is 70.9 Å². The predicted molar refractivity (Wildman–Crippen MR) is 87.4 cm³/mol. The maximum atomic E-state index is 10.9. The molecule has 1 amide bonds. The van der Waals surface area contributed by atoms with Crippen molar-refractivity contribution in [3.63, 3.8) is 0 Å². The fourth-order valence-corrected chi connectivity index (χ4v) is 2.03. The molecule has 0 fully saturated rings. The van der Waals surface area contributed by atoms with Crippen LogP contribution in [0.5, 0.6) is 0 Å². The molecule has 5 nitrogen and oxygen atoms in total. The number of nitrogens with one attached hydrogen (secondary N) is 1. The lowest BCUT2D eigenvalue weighted by atomic mass is 10.1. The van der Waals surface area contributed by atoms with Crippen LogP contribution < -0.4 is 5.48 Å². The molecule has 0 unspecified atom stereocenters. The predicted octanol–water partition coefficient (Wildman–Crippen LogP) is 3.99. The van der Waals surface area contributed by atoms with Crippen molar-refractivity contribution in [2.45, 2.75) is 58.5 Å². The van der Waals surface area contributed by atoms with Crippen molar-refractivity contribution in [3.8, 4) is 0 Å². The Morgan fingerprint density at radius 2 is 1.77 bits per heavy atom. The van der Waals surface area contributed by atoms with Crippen molar-refractivity contribution < 1.29 is 14.7 Å². The standard InChI is InChI=1S/C17H26N2O3/c1-14(2)22-17(18-15-10-6-5-7-11-15)13-9-4-3-8-12-16(20)19-21/h5-7,10-11,14,21H,3-4,8-9,12-13H2,1-2H3,(H,19,20). The molecule has 1 rings (SSSR count). The lowest BCUT2D eigenvalue weighted by Gasteiger charge is -2.12. The monoisotopic (exact) mass is 306 g/mol. The molecular weight excluding hydrogens is 280 g/mol. The van der Waals surface area contributed by atoms with E-state index in [0.29, 0.717) is 6.42 Å². The summed E-state index contributed by atoms with van der Waals surface area (Å²) in [6.45, 7) is 3.99. The number of hydrogen-bond acceptors (Lipinski definition) is 4. The van der Waals surface area contributed by atoms with Crippen LogP contribution in [0, 0.1) is 0 Å². The number of hydrogen-bond donors (Lipinski definition) is 2. The minimum Gasteiger partial charge on any atom is -0.478 e. The normalized spacial score (nSPS) is 11.5. The van der Waals surface area contributed by atoms with Gasteiger partial charge in [-0.25, -0.2) is 10.5 Å². The zero-order valence-electron chi connectivity index (χ0n) is 13.4. The fourth-order valence-electron chi connectivity index (χ4n) is 2.03. The smallest absolute Gasteiger partial charge is 0.243 e. The van der Waals surface area contributed by atoms with Gasteiger partial charge in [0.05, 0.1) is 11.8 Å². The van der Waals surface area contributed by atoms with Crippen LogP contribution in [0.25, 0.3) is 0 Å². The van der Waals surface area contributed by atoms with Crippen molar-refractivity contribution in [3.05, 3.63) is 30.3 Å². The van der Waals surface area contributed by atoms with E-state index < -0.39 is 0 Å². The van der Waals surface area contributed by atoms with Gasteiger partial charge in [0, 0.05) is 12.8 Å². The number of rotatable bonds is 9. The molecule has 2 N–H and O–H groups in total. The van der Waals surface area contributed by atoms with Crippen LogP contribution in [-0.2, 0) is 9.53 Å². The second-order valence-corrected chi connectivity index (χ2v) is 5.46. The molecule has 0 aliphatic carbocycles. The Morgan fingerprint density at radius 3 is 2.36 bits per heavy atom. The molecule has 1 aromatic carbocycles. The third-order valence-corrected chi connectivity index (χ3v) is 3.05.